The molecule has 5 nitrogen and oxygen atoms in total. The largest absolute Gasteiger partial charge is 0.493 e. The lowest BCUT2D eigenvalue weighted by atomic mass is 10.1. The molecule has 1 aliphatic heterocycles. The van der Waals surface area contributed by atoms with Gasteiger partial charge in [-0.3, -0.25) is 9.69 Å². The summed E-state index contributed by atoms with van der Waals surface area (Å²) in [6.07, 6.45) is 1.65. The molecule has 0 aromatic heterocycles. The van der Waals surface area contributed by atoms with Crippen molar-refractivity contribution >= 4 is 57.9 Å². The van der Waals surface area contributed by atoms with Crippen LogP contribution in [0.5, 0.6) is 11.5 Å². The van der Waals surface area contributed by atoms with Gasteiger partial charge in [0.1, 0.15) is 10.1 Å². The quantitative estimate of drug-likeness (QED) is 0.278. The number of rotatable bonds is 5. The van der Waals surface area contributed by atoms with Gasteiger partial charge in [0.2, 0.25) is 0 Å². The van der Waals surface area contributed by atoms with E-state index >= 15 is 0 Å². The highest BCUT2D eigenvalue weighted by molar-refractivity contribution is 8.26. The maximum absolute atomic E-state index is 13.0. The molecule has 1 heterocycles. The Bertz CT molecular complexity index is 1020. The number of nitrogens with zero attached hydrogens (tertiary/aromatic N) is 1. The molecular weight excluding hydrogens is 437 g/mol. The van der Waals surface area contributed by atoms with Gasteiger partial charge in [-0.1, -0.05) is 35.6 Å². The Morgan fingerprint density at radius 1 is 1.31 bits per heavy atom. The summed E-state index contributed by atoms with van der Waals surface area (Å²) in [7, 11) is 1.40. The Balaban J connectivity index is 1.89. The lowest BCUT2D eigenvalue weighted by molar-refractivity contribution is -0.121. The molecule has 0 atom stereocenters. The van der Waals surface area contributed by atoms with Gasteiger partial charge in [-0.05, 0) is 55.0 Å². The lowest BCUT2D eigenvalue weighted by Gasteiger charge is -2.12. The number of methoxy groups -OCH3 is 1. The minimum atomic E-state index is -0.707. The van der Waals surface area contributed by atoms with Crippen molar-refractivity contribution in [1.29, 1.82) is 0 Å². The molecule has 1 amide bonds. The molecule has 150 valence electrons. The lowest BCUT2D eigenvalue weighted by Crippen LogP contribution is -2.27. The van der Waals surface area contributed by atoms with Gasteiger partial charge in [0, 0.05) is 6.54 Å². The Morgan fingerprint density at radius 2 is 2.00 bits per heavy atom. The standard InChI is InChI=1S/C20H15ClFNO4S2/c1-3-23-18(24)16(29-20(23)28)10-11-8-14(21)17(15(9-11)26-2)27-19(25)12-4-6-13(22)7-5-12/h4-10H,3H2,1-2H3. The van der Waals surface area contributed by atoms with Crippen molar-refractivity contribution in [3.8, 4) is 11.5 Å². The fourth-order valence-electron chi connectivity index (χ4n) is 2.58. The van der Waals surface area contributed by atoms with E-state index in [9.17, 15) is 14.0 Å². The Hall–Kier alpha value is -2.42. The van der Waals surface area contributed by atoms with Crippen LogP contribution in [-0.4, -0.2) is 34.8 Å². The summed E-state index contributed by atoms with van der Waals surface area (Å²) in [6, 6.07) is 8.08. The van der Waals surface area contributed by atoms with Crippen LogP contribution in [-0.2, 0) is 4.79 Å². The van der Waals surface area contributed by atoms with Crippen molar-refractivity contribution in [3.05, 3.63) is 63.3 Å². The third-order valence-corrected chi connectivity index (χ3v) is 5.67. The molecular formula is C20H15ClFNO4S2. The number of likely N-dealkylation sites (N-methyl/N-ethyl adjacent to an activating group) is 1. The van der Waals surface area contributed by atoms with E-state index in [1.807, 2.05) is 6.92 Å². The van der Waals surface area contributed by atoms with Crippen molar-refractivity contribution in [2.45, 2.75) is 6.92 Å². The number of hydrogen-bond acceptors (Lipinski definition) is 6. The number of thioether (sulfide) groups is 1. The van der Waals surface area contributed by atoms with Crippen molar-refractivity contribution < 1.29 is 23.5 Å². The van der Waals surface area contributed by atoms with Crippen LogP contribution < -0.4 is 9.47 Å². The van der Waals surface area contributed by atoms with Crippen molar-refractivity contribution in [1.82, 2.24) is 4.90 Å². The summed E-state index contributed by atoms with van der Waals surface area (Å²) in [5.41, 5.74) is 0.752. The van der Waals surface area contributed by atoms with Gasteiger partial charge in [0.05, 0.1) is 22.6 Å². The maximum Gasteiger partial charge on any atom is 0.343 e. The zero-order chi connectivity index (χ0) is 21.1. The molecule has 0 radical (unpaired) electrons. The molecule has 0 saturated carbocycles. The zero-order valence-electron chi connectivity index (χ0n) is 15.4. The van der Waals surface area contributed by atoms with Crippen LogP contribution in [0.25, 0.3) is 6.08 Å². The van der Waals surface area contributed by atoms with E-state index in [2.05, 4.69) is 0 Å². The maximum atomic E-state index is 13.0. The fraction of sp³-hybridized carbons (Fsp3) is 0.150. The number of carbonyl (C=O) groups is 2. The summed E-state index contributed by atoms with van der Waals surface area (Å²) in [5.74, 6) is -1.10. The number of ether oxygens (including phenoxy) is 2. The summed E-state index contributed by atoms with van der Waals surface area (Å²) < 4.78 is 24.2. The molecule has 0 bridgehead atoms. The summed E-state index contributed by atoms with van der Waals surface area (Å²) in [6.45, 7) is 2.34. The summed E-state index contributed by atoms with van der Waals surface area (Å²) in [5, 5.41) is 0.122. The van der Waals surface area contributed by atoms with Gasteiger partial charge in [-0.15, -0.1) is 0 Å². The Labute approximate surface area is 181 Å². The molecule has 2 aromatic carbocycles. The van der Waals surface area contributed by atoms with Crippen molar-refractivity contribution in [2.24, 2.45) is 0 Å². The van der Waals surface area contributed by atoms with Crippen LogP contribution in [0, 0.1) is 5.82 Å². The van der Waals surface area contributed by atoms with Crippen LogP contribution in [0.1, 0.15) is 22.8 Å². The third kappa shape index (κ3) is 4.60. The summed E-state index contributed by atoms with van der Waals surface area (Å²) in [4.78, 5) is 26.7. The van der Waals surface area contributed by atoms with E-state index in [4.69, 9.17) is 33.3 Å². The predicted molar refractivity (Wildman–Crippen MR) is 115 cm³/mol. The van der Waals surface area contributed by atoms with Gasteiger partial charge in [-0.25, -0.2) is 9.18 Å². The Kier molecular flexibility index (Phi) is 6.56. The second-order valence-corrected chi connectivity index (χ2v) is 7.94. The van der Waals surface area contributed by atoms with Crippen LogP contribution in [0.2, 0.25) is 5.02 Å². The molecule has 0 spiro atoms. The van der Waals surface area contributed by atoms with Gasteiger partial charge < -0.3 is 9.47 Å². The first-order chi connectivity index (χ1) is 13.8. The minimum absolute atomic E-state index is 0.0294. The number of esters is 1. The van der Waals surface area contributed by atoms with Crippen molar-refractivity contribution in [3.63, 3.8) is 0 Å². The van der Waals surface area contributed by atoms with E-state index in [1.165, 1.54) is 35.9 Å². The number of benzene rings is 2. The zero-order valence-corrected chi connectivity index (χ0v) is 17.8. The van der Waals surface area contributed by atoms with E-state index in [1.54, 1.807) is 18.2 Å². The van der Waals surface area contributed by atoms with Gasteiger partial charge in [-0.2, -0.15) is 0 Å². The van der Waals surface area contributed by atoms with Crippen molar-refractivity contribution in [2.75, 3.05) is 13.7 Å². The number of amides is 1. The van der Waals surface area contributed by atoms with E-state index in [0.717, 1.165) is 12.1 Å². The molecule has 1 saturated heterocycles. The monoisotopic (exact) mass is 451 g/mol. The second kappa shape index (κ2) is 8.94. The van der Waals surface area contributed by atoms with E-state index < -0.39 is 11.8 Å². The van der Waals surface area contributed by atoms with Crippen LogP contribution in [0.3, 0.4) is 0 Å². The van der Waals surface area contributed by atoms with Crippen LogP contribution >= 0.6 is 35.6 Å². The number of hydrogen-bond donors (Lipinski definition) is 0. The SMILES string of the molecule is CCN1C(=O)C(=Cc2cc(Cl)c(OC(=O)c3ccc(F)cc3)c(OC)c2)SC1=S. The third-order valence-electron chi connectivity index (χ3n) is 4.01. The number of thiocarbonyl (C=S) groups is 1. The fourth-order valence-corrected chi connectivity index (χ4v) is 4.23. The van der Waals surface area contributed by atoms with Crippen LogP contribution in [0.15, 0.2) is 41.3 Å². The average Bonchev–Trinajstić information content (AvgIpc) is 2.96. The molecule has 3 rings (SSSR count). The van der Waals surface area contributed by atoms with Gasteiger partial charge in [0.25, 0.3) is 5.91 Å². The summed E-state index contributed by atoms with van der Waals surface area (Å²) >= 11 is 12.7. The highest BCUT2D eigenvalue weighted by atomic mass is 35.5. The van der Waals surface area contributed by atoms with Gasteiger partial charge >= 0.3 is 5.97 Å². The van der Waals surface area contributed by atoms with Crippen LogP contribution in [0.4, 0.5) is 4.39 Å². The number of carbonyl (C=O) groups excluding carboxylic acids is 2. The molecule has 0 aliphatic carbocycles. The number of halogens is 2. The topological polar surface area (TPSA) is 55.8 Å². The van der Waals surface area contributed by atoms with E-state index in [0.29, 0.717) is 21.3 Å². The predicted octanol–water partition coefficient (Wildman–Crippen LogP) is 4.93. The minimum Gasteiger partial charge on any atom is -0.493 e. The molecule has 2 aromatic rings. The normalized spacial score (nSPS) is 15.2. The molecule has 0 unspecified atom stereocenters. The van der Waals surface area contributed by atoms with Gasteiger partial charge in [0.15, 0.2) is 11.5 Å². The highest BCUT2D eigenvalue weighted by Crippen LogP contribution is 2.39. The molecule has 0 N–H and O–H groups in total. The molecule has 1 aliphatic rings. The molecule has 29 heavy (non-hydrogen) atoms. The van der Waals surface area contributed by atoms with E-state index in [-0.39, 0.29) is 28.0 Å². The first kappa shape index (κ1) is 21.3. The first-order valence-corrected chi connectivity index (χ1v) is 10.0. The Morgan fingerprint density at radius 3 is 2.59 bits per heavy atom. The average molecular weight is 452 g/mol. The molecule has 1 fully saturated rings. The smallest absolute Gasteiger partial charge is 0.343 e. The second-order valence-electron chi connectivity index (χ2n) is 5.86. The molecule has 9 heteroatoms. The first-order valence-electron chi connectivity index (χ1n) is 8.44. The highest BCUT2D eigenvalue weighted by Gasteiger charge is 2.30.